The van der Waals surface area contributed by atoms with Crippen LogP contribution >= 0.6 is 15.9 Å². The van der Waals surface area contributed by atoms with Crippen LogP contribution in [0.1, 0.15) is 15.9 Å². The molecule has 0 saturated heterocycles. The van der Waals surface area contributed by atoms with Crippen molar-refractivity contribution in [2.45, 2.75) is 6.42 Å². The second-order valence-corrected chi connectivity index (χ2v) is 4.55. The average Bonchev–Trinajstić information content (AvgIpc) is 2.40. The van der Waals surface area contributed by atoms with Crippen molar-refractivity contribution >= 4 is 21.8 Å². The molecular weight excluding hydrogens is 294 g/mol. The molecular formula is C13H12BrN3O. The van der Waals surface area contributed by atoms with Gasteiger partial charge in [-0.05, 0) is 46.1 Å². The second kappa shape index (κ2) is 6.26. The van der Waals surface area contributed by atoms with Gasteiger partial charge in [-0.2, -0.15) is 0 Å². The molecule has 0 aromatic carbocycles. The molecule has 0 aliphatic carbocycles. The highest BCUT2D eigenvalue weighted by molar-refractivity contribution is 9.10. The Morgan fingerprint density at radius 2 is 2.17 bits per heavy atom. The maximum Gasteiger partial charge on any atom is 0.252 e. The Labute approximate surface area is 114 Å². The Balaban J connectivity index is 1.84. The van der Waals surface area contributed by atoms with Gasteiger partial charge < -0.3 is 5.32 Å². The molecule has 0 unspecified atom stereocenters. The van der Waals surface area contributed by atoms with E-state index in [0.717, 1.165) is 16.6 Å². The Morgan fingerprint density at radius 1 is 1.28 bits per heavy atom. The molecule has 0 fully saturated rings. The molecule has 2 rings (SSSR count). The number of nitrogens with zero attached hydrogens (tertiary/aromatic N) is 2. The average molecular weight is 306 g/mol. The van der Waals surface area contributed by atoms with Gasteiger partial charge >= 0.3 is 0 Å². The molecule has 92 valence electrons. The number of pyridine rings is 2. The summed E-state index contributed by atoms with van der Waals surface area (Å²) in [7, 11) is 0. The predicted molar refractivity (Wildman–Crippen MR) is 72.2 cm³/mol. The number of aromatic nitrogens is 2. The van der Waals surface area contributed by atoms with Gasteiger partial charge in [-0.15, -0.1) is 0 Å². The van der Waals surface area contributed by atoms with Crippen molar-refractivity contribution in [2.75, 3.05) is 6.54 Å². The summed E-state index contributed by atoms with van der Waals surface area (Å²) < 4.78 is 0.717. The summed E-state index contributed by atoms with van der Waals surface area (Å²) in [4.78, 5) is 19.8. The van der Waals surface area contributed by atoms with Crippen molar-refractivity contribution in [3.05, 3.63) is 58.6 Å². The maximum atomic E-state index is 11.8. The van der Waals surface area contributed by atoms with E-state index in [-0.39, 0.29) is 5.91 Å². The van der Waals surface area contributed by atoms with Gasteiger partial charge in [-0.1, -0.05) is 6.07 Å². The van der Waals surface area contributed by atoms with Crippen LogP contribution in [0.3, 0.4) is 0 Å². The third-order valence-corrected chi connectivity index (χ3v) is 2.88. The van der Waals surface area contributed by atoms with E-state index in [0.29, 0.717) is 12.1 Å². The molecule has 0 spiro atoms. The summed E-state index contributed by atoms with van der Waals surface area (Å²) in [5.41, 5.74) is 1.66. The minimum Gasteiger partial charge on any atom is -0.352 e. The van der Waals surface area contributed by atoms with Gasteiger partial charge in [0.05, 0.1) is 5.56 Å². The molecule has 2 heterocycles. The van der Waals surface area contributed by atoms with Gasteiger partial charge in [0.2, 0.25) is 0 Å². The number of carbonyl (C=O) groups is 1. The molecule has 0 saturated carbocycles. The van der Waals surface area contributed by atoms with E-state index in [2.05, 4.69) is 31.2 Å². The fourth-order valence-corrected chi connectivity index (χ4v) is 1.71. The summed E-state index contributed by atoms with van der Waals surface area (Å²) in [6.07, 6.45) is 5.84. The molecule has 0 radical (unpaired) electrons. The first kappa shape index (κ1) is 12.7. The number of nitrogens with one attached hydrogen (secondary N) is 1. The smallest absolute Gasteiger partial charge is 0.252 e. The molecule has 0 aliphatic rings. The van der Waals surface area contributed by atoms with Crippen molar-refractivity contribution in [1.29, 1.82) is 0 Å². The second-order valence-electron chi connectivity index (χ2n) is 3.74. The third kappa shape index (κ3) is 3.63. The lowest BCUT2D eigenvalue weighted by Crippen LogP contribution is -2.25. The van der Waals surface area contributed by atoms with Crippen molar-refractivity contribution in [1.82, 2.24) is 15.3 Å². The Kier molecular flexibility index (Phi) is 4.41. The van der Waals surface area contributed by atoms with Gasteiger partial charge in [-0.3, -0.25) is 9.78 Å². The van der Waals surface area contributed by atoms with Crippen LogP contribution in [0.4, 0.5) is 0 Å². The van der Waals surface area contributed by atoms with Crippen LogP contribution in [-0.4, -0.2) is 22.4 Å². The van der Waals surface area contributed by atoms with Gasteiger partial charge in [0.1, 0.15) is 4.60 Å². The molecule has 0 bridgehead atoms. The summed E-state index contributed by atoms with van der Waals surface area (Å²) in [5.74, 6) is -0.112. The predicted octanol–water partition coefficient (Wildman–Crippen LogP) is 2.21. The van der Waals surface area contributed by atoms with Crippen molar-refractivity contribution in [2.24, 2.45) is 0 Å². The van der Waals surface area contributed by atoms with E-state index in [1.54, 1.807) is 30.7 Å². The zero-order valence-corrected chi connectivity index (χ0v) is 11.2. The largest absolute Gasteiger partial charge is 0.352 e. The number of amides is 1. The molecule has 18 heavy (non-hydrogen) atoms. The van der Waals surface area contributed by atoms with E-state index in [1.165, 1.54) is 0 Å². The SMILES string of the molecule is O=C(NCCc1cccnc1)c1ccc(Br)nc1. The molecule has 1 N–H and O–H groups in total. The number of hydrogen-bond acceptors (Lipinski definition) is 3. The van der Waals surface area contributed by atoms with Crippen LogP contribution < -0.4 is 5.32 Å². The number of hydrogen-bond donors (Lipinski definition) is 1. The Hall–Kier alpha value is -1.75. The lowest BCUT2D eigenvalue weighted by Gasteiger charge is -2.04. The highest BCUT2D eigenvalue weighted by Gasteiger charge is 2.04. The first-order valence-electron chi connectivity index (χ1n) is 5.54. The minimum atomic E-state index is -0.112. The number of carbonyl (C=O) groups excluding carboxylic acids is 1. The maximum absolute atomic E-state index is 11.8. The zero-order chi connectivity index (χ0) is 12.8. The van der Waals surface area contributed by atoms with Crippen LogP contribution in [-0.2, 0) is 6.42 Å². The van der Waals surface area contributed by atoms with E-state index >= 15 is 0 Å². The van der Waals surface area contributed by atoms with Gasteiger partial charge in [0.15, 0.2) is 0 Å². The minimum absolute atomic E-state index is 0.112. The van der Waals surface area contributed by atoms with E-state index < -0.39 is 0 Å². The van der Waals surface area contributed by atoms with Crippen molar-refractivity contribution in [3.8, 4) is 0 Å². The quantitative estimate of drug-likeness (QED) is 0.881. The highest BCUT2D eigenvalue weighted by atomic mass is 79.9. The summed E-state index contributed by atoms with van der Waals surface area (Å²) >= 11 is 3.23. The Morgan fingerprint density at radius 3 is 2.83 bits per heavy atom. The fourth-order valence-electron chi connectivity index (χ4n) is 1.48. The van der Waals surface area contributed by atoms with Crippen molar-refractivity contribution in [3.63, 3.8) is 0 Å². The van der Waals surface area contributed by atoms with E-state index in [4.69, 9.17) is 0 Å². The van der Waals surface area contributed by atoms with Crippen LogP contribution in [0, 0.1) is 0 Å². The first-order chi connectivity index (χ1) is 8.75. The molecule has 2 aromatic heterocycles. The lowest BCUT2D eigenvalue weighted by atomic mass is 10.2. The summed E-state index contributed by atoms with van der Waals surface area (Å²) in [5, 5.41) is 2.84. The molecule has 0 atom stereocenters. The number of rotatable bonds is 4. The van der Waals surface area contributed by atoms with Crippen molar-refractivity contribution < 1.29 is 4.79 Å². The first-order valence-corrected chi connectivity index (χ1v) is 6.33. The fraction of sp³-hybridized carbons (Fsp3) is 0.154. The molecule has 1 amide bonds. The van der Waals surface area contributed by atoms with Crippen LogP contribution in [0.25, 0.3) is 0 Å². The van der Waals surface area contributed by atoms with Gasteiger partial charge in [0, 0.05) is 25.1 Å². The topological polar surface area (TPSA) is 54.9 Å². The van der Waals surface area contributed by atoms with E-state index in [1.807, 2.05) is 12.1 Å². The molecule has 4 nitrogen and oxygen atoms in total. The lowest BCUT2D eigenvalue weighted by molar-refractivity contribution is 0.0954. The third-order valence-electron chi connectivity index (χ3n) is 2.41. The standard InChI is InChI=1S/C13H12BrN3O/c14-12-4-3-11(9-17-12)13(18)16-7-5-10-2-1-6-15-8-10/h1-4,6,8-9H,5,7H2,(H,16,18). The Bertz CT molecular complexity index is 514. The normalized spacial score (nSPS) is 10.1. The zero-order valence-electron chi connectivity index (χ0n) is 9.64. The van der Waals surface area contributed by atoms with Crippen LogP contribution in [0.5, 0.6) is 0 Å². The van der Waals surface area contributed by atoms with Gasteiger partial charge in [0.25, 0.3) is 5.91 Å². The summed E-state index contributed by atoms with van der Waals surface area (Å²) in [6, 6.07) is 7.35. The van der Waals surface area contributed by atoms with Crippen LogP contribution in [0.15, 0.2) is 47.5 Å². The van der Waals surface area contributed by atoms with E-state index in [9.17, 15) is 4.79 Å². The van der Waals surface area contributed by atoms with Gasteiger partial charge in [-0.25, -0.2) is 4.98 Å². The number of halogens is 1. The van der Waals surface area contributed by atoms with Crippen LogP contribution in [0.2, 0.25) is 0 Å². The monoisotopic (exact) mass is 305 g/mol. The molecule has 5 heteroatoms. The molecule has 0 aliphatic heterocycles. The molecule has 2 aromatic rings. The summed E-state index contributed by atoms with van der Waals surface area (Å²) in [6.45, 7) is 0.584. The highest BCUT2D eigenvalue weighted by Crippen LogP contribution is 2.06.